The molecule has 0 radical (unpaired) electrons. The lowest BCUT2D eigenvalue weighted by molar-refractivity contribution is -0.127. The molecule has 1 amide bonds. The molecule has 0 saturated heterocycles. The Morgan fingerprint density at radius 2 is 1.81 bits per heavy atom. The third-order valence-electron chi connectivity index (χ3n) is 3.34. The van der Waals surface area contributed by atoms with Crippen molar-refractivity contribution in [3.8, 4) is 0 Å². The highest BCUT2D eigenvalue weighted by Crippen LogP contribution is 2.20. The van der Waals surface area contributed by atoms with E-state index in [9.17, 15) is 4.79 Å². The average Bonchev–Trinajstić information content (AvgIpc) is 2.48. The van der Waals surface area contributed by atoms with E-state index in [1.165, 1.54) is 22.9 Å². The number of nitrogen functional groups attached to an aromatic ring is 1. The number of anilines is 1. The van der Waals surface area contributed by atoms with Crippen LogP contribution in [0.3, 0.4) is 0 Å². The molecule has 0 unspecified atom stereocenters. The zero-order chi connectivity index (χ0) is 15.2. The normalized spacial score (nSPS) is 10.4. The number of nitrogens with two attached hydrogens (primary N) is 1. The Balaban J connectivity index is 1.88. The van der Waals surface area contributed by atoms with Gasteiger partial charge in [0.05, 0.1) is 5.75 Å². The van der Waals surface area contributed by atoms with Crippen LogP contribution < -0.4 is 5.73 Å². The summed E-state index contributed by atoms with van der Waals surface area (Å²) in [6, 6.07) is 15.7. The molecule has 0 spiro atoms. The van der Waals surface area contributed by atoms with Gasteiger partial charge in [0, 0.05) is 24.2 Å². The first kappa shape index (κ1) is 15.4. The SMILES string of the molecule is Cc1ccccc1CN(C)C(=O)CSc1ccc(N)cc1. The van der Waals surface area contributed by atoms with Gasteiger partial charge in [-0.15, -0.1) is 11.8 Å². The van der Waals surface area contributed by atoms with Crippen LogP contribution in [-0.4, -0.2) is 23.6 Å². The molecule has 110 valence electrons. The molecule has 0 bridgehead atoms. The topological polar surface area (TPSA) is 46.3 Å². The minimum atomic E-state index is 0.125. The van der Waals surface area contributed by atoms with Gasteiger partial charge in [-0.25, -0.2) is 0 Å². The van der Waals surface area contributed by atoms with Crippen molar-refractivity contribution in [3.63, 3.8) is 0 Å². The highest BCUT2D eigenvalue weighted by Gasteiger charge is 2.10. The molecule has 4 heteroatoms. The molecule has 2 aromatic rings. The summed E-state index contributed by atoms with van der Waals surface area (Å²) < 4.78 is 0. The largest absolute Gasteiger partial charge is 0.399 e. The Hall–Kier alpha value is -1.94. The molecule has 0 saturated carbocycles. The summed E-state index contributed by atoms with van der Waals surface area (Å²) >= 11 is 1.53. The number of hydrogen-bond donors (Lipinski definition) is 1. The van der Waals surface area contributed by atoms with Gasteiger partial charge in [-0.05, 0) is 42.3 Å². The van der Waals surface area contributed by atoms with Gasteiger partial charge in [-0.2, -0.15) is 0 Å². The van der Waals surface area contributed by atoms with Crippen molar-refractivity contribution in [1.82, 2.24) is 4.90 Å². The van der Waals surface area contributed by atoms with Gasteiger partial charge < -0.3 is 10.6 Å². The molecular formula is C17H20N2OS. The van der Waals surface area contributed by atoms with Crippen molar-refractivity contribution >= 4 is 23.4 Å². The standard InChI is InChI=1S/C17H20N2OS/c1-13-5-3-4-6-14(13)11-19(2)17(20)12-21-16-9-7-15(18)8-10-16/h3-10H,11-12,18H2,1-2H3. The lowest BCUT2D eigenvalue weighted by atomic mass is 10.1. The highest BCUT2D eigenvalue weighted by molar-refractivity contribution is 8.00. The van der Waals surface area contributed by atoms with Gasteiger partial charge in [-0.1, -0.05) is 24.3 Å². The first-order valence-corrected chi connectivity index (χ1v) is 7.81. The van der Waals surface area contributed by atoms with E-state index in [0.29, 0.717) is 12.3 Å². The predicted molar refractivity (Wildman–Crippen MR) is 89.2 cm³/mol. The fourth-order valence-electron chi connectivity index (χ4n) is 1.95. The summed E-state index contributed by atoms with van der Waals surface area (Å²) in [5.41, 5.74) is 8.78. The van der Waals surface area contributed by atoms with E-state index in [1.807, 2.05) is 43.4 Å². The fourth-order valence-corrected chi connectivity index (χ4v) is 2.79. The summed E-state index contributed by atoms with van der Waals surface area (Å²) in [5.74, 6) is 0.562. The van der Waals surface area contributed by atoms with Crippen LogP contribution in [0.5, 0.6) is 0 Å². The van der Waals surface area contributed by atoms with E-state index < -0.39 is 0 Å². The lowest BCUT2D eigenvalue weighted by Crippen LogP contribution is -2.28. The van der Waals surface area contributed by atoms with Gasteiger partial charge in [0.25, 0.3) is 0 Å². The van der Waals surface area contributed by atoms with Gasteiger partial charge in [0.2, 0.25) is 5.91 Å². The Labute approximate surface area is 130 Å². The van der Waals surface area contributed by atoms with Gasteiger partial charge in [0.1, 0.15) is 0 Å². The summed E-state index contributed by atoms with van der Waals surface area (Å²) in [4.78, 5) is 15.0. The quantitative estimate of drug-likeness (QED) is 0.680. The van der Waals surface area contributed by atoms with Crippen LogP contribution in [0, 0.1) is 6.92 Å². The fraction of sp³-hybridized carbons (Fsp3) is 0.235. The molecule has 0 aliphatic heterocycles. The number of carbonyl (C=O) groups is 1. The smallest absolute Gasteiger partial charge is 0.232 e. The molecule has 0 heterocycles. The number of thioether (sulfide) groups is 1. The molecule has 2 rings (SSSR count). The maximum atomic E-state index is 12.2. The molecule has 21 heavy (non-hydrogen) atoms. The van der Waals surface area contributed by atoms with Crippen molar-refractivity contribution in [3.05, 3.63) is 59.7 Å². The van der Waals surface area contributed by atoms with Crippen LogP contribution in [0.4, 0.5) is 5.69 Å². The van der Waals surface area contributed by atoms with E-state index in [-0.39, 0.29) is 5.91 Å². The van der Waals surface area contributed by atoms with Crippen LogP contribution in [0.1, 0.15) is 11.1 Å². The van der Waals surface area contributed by atoms with Gasteiger partial charge in [-0.3, -0.25) is 4.79 Å². The number of aryl methyl sites for hydroxylation is 1. The molecule has 0 atom stereocenters. The molecule has 0 aliphatic rings. The Morgan fingerprint density at radius 1 is 1.14 bits per heavy atom. The molecule has 0 aliphatic carbocycles. The first-order valence-electron chi connectivity index (χ1n) is 6.83. The van der Waals surface area contributed by atoms with Crippen molar-refractivity contribution in [1.29, 1.82) is 0 Å². The van der Waals surface area contributed by atoms with Crippen LogP contribution >= 0.6 is 11.8 Å². The molecular weight excluding hydrogens is 280 g/mol. The van der Waals surface area contributed by atoms with Crippen LogP contribution in [-0.2, 0) is 11.3 Å². The lowest BCUT2D eigenvalue weighted by Gasteiger charge is -2.18. The Kier molecular flexibility index (Phi) is 5.28. The predicted octanol–water partition coefficient (Wildman–Crippen LogP) is 3.33. The second-order valence-corrected chi connectivity index (χ2v) is 6.08. The van der Waals surface area contributed by atoms with Crippen molar-refractivity contribution in [2.24, 2.45) is 0 Å². The molecule has 0 aromatic heterocycles. The summed E-state index contributed by atoms with van der Waals surface area (Å²) in [6.07, 6.45) is 0. The van der Waals surface area contributed by atoms with Gasteiger partial charge in [0.15, 0.2) is 0 Å². The Bertz CT molecular complexity index is 610. The first-order chi connectivity index (χ1) is 10.1. The monoisotopic (exact) mass is 300 g/mol. The number of benzene rings is 2. The summed E-state index contributed by atoms with van der Waals surface area (Å²) in [7, 11) is 1.85. The van der Waals surface area contributed by atoms with Crippen LogP contribution in [0.2, 0.25) is 0 Å². The minimum absolute atomic E-state index is 0.125. The van der Waals surface area contributed by atoms with E-state index in [0.717, 1.165) is 10.6 Å². The number of carbonyl (C=O) groups excluding carboxylic acids is 1. The summed E-state index contributed by atoms with van der Waals surface area (Å²) in [5, 5.41) is 0. The van der Waals surface area contributed by atoms with E-state index >= 15 is 0 Å². The van der Waals surface area contributed by atoms with E-state index in [2.05, 4.69) is 19.1 Å². The zero-order valence-corrected chi connectivity index (χ0v) is 13.2. The third kappa shape index (κ3) is 4.53. The van der Waals surface area contributed by atoms with Crippen molar-refractivity contribution < 1.29 is 4.79 Å². The van der Waals surface area contributed by atoms with Crippen molar-refractivity contribution in [2.75, 3.05) is 18.5 Å². The second kappa shape index (κ2) is 7.18. The maximum absolute atomic E-state index is 12.2. The van der Waals surface area contributed by atoms with Gasteiger partial charge >= 0.3 is 0 Å². The third-order valence-corrected chi connectivity index (χ3v) is 4.33. The highest BCUT2D eigenvalue weighted by atomic mass is 32.2. The number of nitrogens with zero attached hydrogens (tertiary/aromatic N) is 1. The van der Waals surface area contributed by atoms with Crippen LogP contribution in [0.25, 0.3) is 0 Å². The Morgan fingerprint density at radius 3 is 2.48 bits per heavy atom. The zero-order valence-electron chi connectivity index (χ0n) is 12.4. The second-order valence-electron chi connectivity index (χ2n) is 5.03. The average molecular weight is 300 g/mol. The molecule has 2 N–H and O–H groups in total. The maximum Gasteiger partial charge on any atom is 0.232 e. The van der Waals surface area contributed by atoms with Crippen LogP contribution in [0.15, 0.2) is 53.4 Å². The number of amides is 1. The summed E-state index contributed by atoms with van der Waals surface area (Å²) in [6.45, 7) is 2.71. The van der Waals surface area contributed by atoms with E-state index in [1.54, 1.807) is 4.90 Å². The number of hydrogen-bond acceptors (Lipinski definition) is 3. The van der Waals surface area contributed by atoms with Crippen molar-refractivity contribution in [2.45, 2.75) is 18.4 Å². The van der Waals surface area contributed by atoms with E-state index in [4.69, 9.17) is 5.73 Å². The number of rotatable bonds is 5. The molecule has 3 nitrogen and oxygen atoms in total. The molecule has 0 fully saturated rings. The minimum Gasteiger partial charge on any atom is -0.399 e. The molecule has 2 aromatic carbocycles.